The second kappa shape index (κ2) is 5.80. The van der Waals surface area contributed by atoms with Crippen molar-refractivity contribution in [2.45, 2.75) is 25.7 Å². The minimum absolute atomic E-state index is 0.476. The molecule has 2 N–H and O–H groups in total. The molecule has 0 radical (unpaired) electrons. The van der Waals surface area contributed by atoms with Gasteiger partial charge in [0.25, 0.3) is 0 Å². The molecule has 0 saturated heterocycles. The van der Waals surface area contributed by atoms with Gasteiger partial charge in [0.2, 0.25) is 0 Å². The molecule has 4 heteroatoms. The maximum Gasteiger partial charge on any atom is 0.316 e. The van der Waals surface area contributed by atoms with E-state index in [0.29, 0.717) is 24.5 Å². The number of nitrogens with zero attached hydrogens (tertiary/aromatic N) is 2. The van der Waals surface area contributed by atoms with E-state index in [1.807, 2.05) is 0 Å². The Hall–Kier alpha value is -1.16. The Bertz CT molecular complexity index is 304. The fraction of sp³-hybridized carbons (Fsp3) is 0.667. The zero-order valence-electron chi connectivity index (χ0n) is 9.51. The molecule has 1 fully saturated rings. The molecule has 2 atom stereocenters. The molecule has 1 heterocycles. The van der Waals surface area contributed by atoms with Crippen LogP contribution in [0.25, 0.3) is 0 Å². The van der Waals surface area contributed by atoms with Gasteiger partial charge in [0.1, 0.15) is 0 Å². The van der Waals surface area contributed by atoms with Gasteiger partial charge in [-0.25, -0.2) is 9.97 Å². The molecule has 0 aromatic carbocycles. The van der Waals surface area contributed by atoms with Gasteiger partial charge in [-0.15, -0.1) is 0 Å². The molecule has 4 nitrogen and oxygen atoms in total. The van der Waals surface area contributed by atoms with E-state index in [1.165, 1.54) is 25.7 Å². The molecule has 0 aliphatic heterocycles. The highest BCUT2D eigenvalue weighted by molar-refractivity contribution is 4.93. The molecule has 16 heavy (non-hydrogen) atoms. The quantitative estimate of drug-likeness (QED) is 0.839. The summed E-state index contributed by atoms with van der Waals surface area (Å²) in [6.07, 6.45) is 8.45. The first-order chi connectivity index (χ1) is 7.90. The second-order valence-electron chi connectivity index (χ2n) is 4.38. The van der Waals surface area contributed by atoms with Crippen molar-refractivity contribution in [2.24, 2.45) is 17.6 Å². The van der Waals surface area contributed by atoms with Crippen molar-refractivity contribution >= 4 is 0 Å². The highest BCUT2D eigenvalue weighted by Gasteiger charge is 2.24. The van der Waals surface area contributed by atoms with E-state index in [4.69, 9.17) is 10.5 Å². The second-order valence-corrected chi connectivity index (χ2v) is 4.38. The Labute approximate surface area is 96.2 Å². The van der Waals surface area contributed by atoms with E-state index in [9.17, 15) is 0 Å². The molecule has 0 spiro atoms. The molecule has 88 valence electrons. The summed E-state index contributed by atoms with van der Waals surface area (Å²) in [7, 11) is 0. The maximum atomic E-state index is 5.78. The lowest BCUT2D eigenvalue weighted by Crippen LogP contribution is -2.30. The van der Waals surface area contributed by atoms with E-state index in [0.717, 1.165) is 6.54 Å². The van der Waals surface area contributed by atoms with Crippen molar-refractivity contribution < 1.29 is 4.74 Å². The van der Waals surface area contributed by atoms with Crippen LogP contribution in [0.4, 0.5) is 0 Å². The average molecular weight is 221 g/mol. The smallest absolute Gasteiger partial charge is 0.316 e. The third kappa shape index (κ3) is 2.92. The normalized spacial score (nSPS) is 25.3. The van der Waals surface area contributed by atoms with Crippen molar-refractivity contribution in [1.29, 1.82) is 0 Å². The molecule has 0 amide bonds. The van der Waals surface area contributed by atoms with E-state index in [1.54, 1.807) is 18.5 Å². The third-order valence-corrected chi connectivity index (χ3v) is 3.34. The first-order valence-corrected chi connectivity index (χ1v) is 6.00. The Morgan fingerprint density at radius 1 is 1.19 bits per heavy atom. The number of nitrogens with two attached hydrogens (primary N) is 1. The van der Waals surface area contributed by atoms with E-state index < -0.39 is 0 Å². The molecule has 1 aliphatic carbocycles. The highest BCUT2D eigenvalue weighted by atomic mass is 16.5. The number of ether oxygens (including phenoxy) is 1. The lowest BCUT2D eigenvalue weighted by Gasteiger charge is -2.29. The van der Waals surface area contributed by atoms with Gasteiger partial charge >= 0.3 is 6.01 Å². The van der Waals surface area contributed by atoms with Gasteiger partial charge in [-0.1, -0.05) is 12.8 Å². The molecular formula is C12H19N3O. The van der Waals surface area contributed by atoms with Crippen LogP contribution in [0.15, 0.2) is 18.5 Å². The zero-order chi connectivity index (χ0) is 11.2. The van der Waals surface area contributed by atoms with Gasteiger partial charge in [-0.05, 0) is 37.3 Å². The Balaban J connectivity index is 1.84. The topological polar surface area (TPSA) is 61.0 Å². The lowest BCUT2D eigenvalue weighted by molar-refractivity contribution is 0.145. The monoisotopic (exact) mass is 221 g/mol. The molecular weight excluding hydrogens is 202 g/mol. The van der Waals surface area contributed by atoms with Crippen LogP contribution >= 0.6 is 0 Å². The lowest BCUT2D eigenvalue weighted by atomic mass is 9.80. The Kier molecular flexibility index (Phi) is 4.10. The van der Waals surface area contributed by atoms with Crippen molar-refractivity contribution in [1.82, 2.24) is 9.97 Å². The van der Waals surface area contributed by atoms with Crippen molar-refractivity contribution in [2.75, 3.05) is 13.2 Å². The molecule has 1 aromatic rings. The van der Waals surface area contributed by atoms with Gasteiger partial charge in [0, 0.05) is 12.4 Å². The average Bonchev–Trinajstić information content (AvgIpc) is 2.38. The van der Waals surface area contributed by atoms with Gasteiger partial charge in [0.15, 0.2) is 0 Å². The third-order valence-electron chi connectivity index (χ3n) is 3.34. The van der Waals surface area contributed by atoms with Crippen LogP contribution < -0.4 is 10.5 Å². The van der Waals surface area contributed by atoms with Crippen LogP contribution in [0, 0.1) is 11.8 Å². The summed E-state index contributed by atoms with van der Waals surface area (Å²) in [6, 6.07) is 2.26. The maximum absolute atomic E-state index is 5.78. The number of rotatable bonds is 4. The minimum Gasteiger partial charge on any atom is -0.463 e. The van der Waals surface area contributed by atoms with Crippen molar-refractivity contribution in [3.05, 3.63) is 18.5 Å². The summed E-state index contributed by atoms with van der Waals surface area (Å²) < 4.78 is 5.60. The summed E-state index contributed by atoms with van der Waals surface area (Å²) in [4.78, 5) is 8.10. The van der Waals surface area contributed by atoms with Crippen LogP contribution in [0.3, 0.4) is 0 Å². The number of hydrogen-bond donors (Lipinski definition) is 1. The summed E-state index contributed by atoms with van der Waals surface area (Å²) in [5, 5.41) is 0. The molecule has 1 aromatic heterocycles. The zero-order valence-corrected chi connectivity index (χ0v) is 9.51. The van der Waals surface area contributed by atoms with Crippen LogP contribution in [0.2, 0.25) is 0 Å². The predicted octanol–water partition coefficient (Wildman–Crippen LogP) is 1.62. The first kappa shape index (κ1) is 11.3. The minimum atomic E-state index is 0.476. The molecule has 2 unspecified atom stereocenters. The number of hydrogen-bond acceptors (Lipinski definition) is 4. The van der Waals surface area contributed by atoms with Crippen LogP contribution in [0.5, 0.6) is 6.01 Å². The Morgan fingerprint density at radius 2 is 1.88 bits per heavy atom. The standard InChI is InChI=1S/C12H19N3O/c13-8-10-4-1-2-5-11(10)9-16-12-14-6-3-7-15-12/h3,6-7,10-11H,1-2,4-5,8-9,13H2. The molecule has 0 bridgehead atoms. The van der Waals surface area contributed by atoms with Crippen LogP contribution in [-0.2, 0) is 0 Å². The summed E-state index contributed by atoms with van der Waals surface area (Å²) >= 11 is 0. The van der Waals surface area contributed by atoms with Crippen molar-refractivity contribution in [3.8, 4) is 6.01 Å². The van der Waals surface area contributed by atoms with E-state index in [2.05, 4.69) is 9.97 Å². The largest absolute Gasteiger partial charge is 0.463 e. The van der Waals surface area contributed by atoms with Crippen molar-refractivity contribution in [3.63, 3.8) is 0 Å². The molecule has 1 aliphatic rings. The Morgan fingerprint density at radius 3 is 2.56 bits per heavy atom. The summed E-state index contributed by atoms with van der Waals surface area (Å²) in [5.41, 5.74) is 5.78. The highest BCUT2D eigenvalue weighted by Crippen LogP contribution is 2.29. The van der Waals surface area contributed by atoms with Crippen LogP contribution in [0.1, 0.15) is 25.7 Å². The fourth-order valence-electron chi connectivity index (χ4n) is 2.36. The van der Waals surface area contributed by atoms with Gasteiger partial charge in [-0.3, -0.25) is 0 Å². The SMILES string of the molecule is NCC1CCCCC1COc1ncccn1. The molecule has 1 saturated carbocycles. The number of aromatic nitrogens is 2. The van der Waals surface area contributed by atoms with Gasteiger partial charge < -0.3 is 10.5 Å². The first-order valence-electron chi connectivity index (χ1n) is 6.00. The van der Waals surface area contributed by atoms with Gasteiger partial charge in [0.05, 0.1) is 6.61 Å². The summed E-state index contributed by atoms with van der Waals surface area (Å²) in [6.45, 7) is 1.47. The molecule has 2 rings (SSSR count). The van der Waals surface area contributed by atoms with E-state index in [-0.39, 0.29) is 0 Å². The fourth-order valence-corrected chi connectivity index (χ4v) is 2.36. The van der Waals surface area contributed by atoms with E-state index >= 15 is 0 Å². The van der Waals surface area contributed by atoms with Crippen LogP contribution in [-0.4, -0.2) is 23.1 Å². The van der Waals surface area contributed by atoms with Gasteiger partial charge in [-0.2, -0.15) is 0 Å². The summed E-state index contributed by atoms with van der Waals surface area (Å²) in [5.74, 6) is 1.18. The predicted molar refractivity (Wildman–Crippen MR) is 62.0 cm³/mol.